The predicted molar refractivity (Wildman–Crippen MR) is 60.2 cm³/mol. The lowest BCUT2D eigenvalue weighted by Gasteiger charge is -2.04. The number of rotatable bonds is 4. The summed E-state index contributed by atoms with van der Waals surface area (Å²) in [4.78, 5) is 31.2. The van der Waals surface area contributed by atoms with Crippen LogP contribution in [0.3, 0.4) is 0 Å². The summed E-state index contributed by atoms with van der Waals surface area (Å²) < 4.78 is 0. The number of nitrogens with one attached hydrogen (secondary N) is 1. The van der Waals surface area contributed by atoms with Crippen molar-refractivity contribution in [2.24, 2.45) is 0 Å². The van der Waals surface area contributed by atoms with Crippen molar-refractivity contribution in [3.05, 3.63) is 40.5 Å². The van der Waals surface area contributed by atoms with Crippen molar-refractivity contribution in [3.63, 3.8) is 0 Å². The average Bonchev–Trinajstić information content (AvgIpc) is 2.29. The topological polar surface area (TPSA) is 130 Å². The van der Waals surface area contributed by atoms with Gasteiger partial charge in [-0.2, -0.15) is 0 Å². The summed E-state index contributed by atoms with van der Waals surface area (Å²) in [6.07, 6.45) is 1.32. The first-order chi connectivity index (χ1) is 8.40. The summed E-state index contributed by atoms with van der Waals surface area (Å²) in [5.74, 6) is -2.50. The van der Waals surface area contributed by atoms with Gasteiger partial charge in [0.25, 0.3) is 5.69 Å². The van der Waals surface area contributed by atoms with Crippen LogP contribution in [0.5, 0.6) is 5.75 Å². The number of carboxylic acid groups (broad SMARTS) is 1. The molecule has 0 aliphatic carbocycles. The van der Waals surface area contributed by atoms with Gasteiger partial charge in [-0.25, -0.2) is 4.79 Å². The Morgan fingerprint density at radius 1 is 1.33 bits per heavy atom. The fourth-order valence-corrected chi connectivity index (χ4v) is 1.06. The predicted octanol–water partition coefficient (Wildman–Crippen LogP) is 0.880. The van der Waals surface area contributed by atoms with E-state index in [0.717, 1.165) is 24.3 Å². The second-order valence-corrected chi connectivity index (χ2v) is 3.12. The van der Waals surface area contributed by atoms with Crippen LogP contribution < -0.4 is 5.32 Å². The number of carbonyl (C=O) groups excluding carboxylic acids is 1. The van der Waals surface area contributed by atoms with Crippen LogP contribution in [0.25, 0.3) is 0 Å². The number of amides is 1. The van der Waals surface area contributed by atoms with E-state index in [4.69, 9.17) is 5.11 Å². The van der Waals surface area contributed by atoms with Crippen LogP contribution in [0.15, 0.2) is 30.4 Å². The largest absolute Gasteiger partial charge is 0.506 e. The van der Waals surface area contributed by atoms with Gasteiger partial charge < -0.3 is 15.5 Å². The minimum atomic E-state index is -1.31. The second-order valence-electron chi connectivity index (χ2n) is 3.12. The fourth-order valence-electron chi connectivity index (χ4n) is 1.06. The molecule has 0 bridgehead atoms. The van der Waals surface area contributed by atoms with E-state index in [0.29, 0.717) is 6.08 Å². The Bertz CT molecular complexity index is 537. The zero-order chi connectivity index (χ0) is 13.7. The van der Waals surface area contributed by atoms with Crippen LogP contribution in [0, 0.1) is 10.1 Å². The molecule has 0 saturated carbocycles. The Kier molecular flexibility index (Phi) is 3.98. The average molecular weight is 252 g/mol. The number of phenolic OH excluding ortho intramolecular Hbond substituents is 1. The quantitative estimate of drug-likeness (QED) is 0.315. The van der Waals surface area contributed by atoms with E-state index in [-0.39, 0.29) is 17.1 Å². The highest BCUT2D eigenvalue weighted by molar-refractivity contribution is 6.03. The molecule has 0 atom stereocenters. The highest BCUT2D eigenvalue weighted by Crippen LogP contribution is 2.27. The standard InChI is InChI=1S/C10H8N2O6/c13-8-2-1-6(12(17)18)5-7(8)11-9(14)3-4-10(15)16/h1-5,13H,(H,11,14)(H,15,16)/b4-3-. The Labute approximate surface area is 100 Å². The van der Waals surface area contributed by atoms with Crippen LogP contribution in [0.2, 0.25) is 0 Å². The Hall–Kier alpha value is -2.90. The van der Waals surface area contributed by atoms with E-state index >= 15 is 0 Å². The maximum atomic E-state index is 11.2. The van der Waals surface area contributed by atoms with Crippen molar-refractivity contribution in [2.45, 2.75) is 0 Å². The molecular weight excluding hydrogens is 244 g/mol. The lowest BCUT2D eigenvalue weighted by molar-refractivity contribution is -0.384. The fraction of sp³-hybridized carbons (Fsp3) is 0. The minimum Gasteiger partial charge on any atom is -0.506 e. The summed E-state index contributed by atoms with van der Waals surface area (Å²) in [7, 11) is 0. The molecule has 1 aromatic carbocycles. The summed E-state index contributed by atoms with van der Waals surface area (Å²) in [5, 5.41) is 30.3. The van der Waals surface area contributed by atoms with Gasteiger partial charge in [-0.15, -0.1) is 0 Å². The Balaban J connectivity index is 2.90. The highest BCUT2D eigenvalue weighted by atomic mass is 16.6. The molecule has 0 aromatic heterocycles. The van der Waals surface area contributed by atoms with Crippen molar-refractivity contribution in [1.29, 1.82) is 0 Å². The number of phenols is 1. The van der Waals surface area contributed by atoms with Gasteiger partial charge in [-0.1, -0.05) is 0 Å². The molecule has 18 heavy (non-hydrogen) atoms. The normalized spacial score (nSPS) is 10.2. The molecular formula is C10H8N2O6. The first-order valence-corrected chi connectivity index (χ1v) is 4.59. The van der Waals surface area contributed by atoms with Crippen LogP contribution >= 0.6 is 0 Å². The molecule has 0 unspecified atom stereocenters. The molecule has 8 heteroatoms. The summed E-state index contributed by atoms with van der Waals surface area (Å²) in [6.45, 7) is 0. The third-order valence-corrected chi connectivity index (χ3v) is 1.83. The van der Waals surface area contributed by atoms with Crippen LogP contribution in [-0.2, 0) is 9.59 Å². The lowest BCUT2D eigenvalue weighted by Crippen LogP contribution is -2.09. The molecule has 0 fully saturated rings. The number of anilines is 1. The summed E-state index contributed by atoms with van der Waals surface area (Å²) in [5.41, 5.74) is -0.491. The zero-order valence-corrected chi connectivity index (χ0v) is 8.86. The third-order valence-electron chi connectivity index (χ3n) is 1.83. The summed E-state index contributed by atoms with van der Waals surface area (Å²) in [6, 6.07) is 3.08. The van der Waals surface area contributed by atoms with Gasteiger partial charge in [-0.05, 0) is 6.07 Å². The Morgan fingerprint density at radius 3 is 2.56 bits per heavy atom. The number of carbonyl (C=O) groups is 2. The number of hydrogen-bond acceptors (Lipinski definition) is 5. The zero-order valence-electron chi connectivity index (χ0n) is 8.86. The third kappa shape index (κ3) is 3.59. The number of nitro benzene ring substituents is 1. The number of carboxylic acids is 1. The molecule has 0 heterocycles. The highest BCUT2D eigenvalue weighted by Gasteiger charge is 2.11. The molecule has 94 valence electrons. The van der Waals surface area contributed by atoms with E-state index in [2.05, 4.69) is 5.32 Å². The van der Waals surface area contributed by atoms with Gasteiger partial charge in [0.1, 0.15) is 5.75 Å². The Morgan fingerprint density at radius 2 is 2.00 bits per heavy atom. The molecule has 1 rings (SSSR count). The number of nitro groups is 1. The molecule has 0 spiro atoms. The first-order valence-electron chi connectivity index (χ1n) is 4.59. The number of aromatic hydroxyl groups is 1. The molecule has 0 saturated heterocycles. The number of hydrogen-bond donors (Lipinski definition) is 3. The van der Waals surface area contributed by atoms with Crippen molar-refractivity contribution in [2.75, 3.05) is 5.32 Å². The van der Waals surface area contributed by atoms with Crippen LogP contribution in [-0.4, -0.2) is 27.0 Å². The van der Waals surface area contributed by atoms with Gasteiger partial charge in [-0.3, -0.25) is 14.9 Å². The molecule has 0 aliphatic heterocycles. The molecule has 0 radical (unpaired) electrons. The van der Waals surface area contributed by atoms with Gasteiger partial charge in [0.05, 0.1) is 10.6 Å². The first kappa shape index (κ1) is 13.2. The van der Waals surface area contributed by atoms with Crippen LogP contribution in [0.1, 0.15) is 0 Å². The number of aliphatic carboxylic acids is 1. The smallest absolute Gasteiger partial charge is 0.328 e. The van der Waals surface area contributed by atoms with Crippen molar-refractivity contribution in [3.8, 4) is 5.75 Å². The maximum Gasteiger partial charge on any atom is 0.328 e. The van der Waals surface area contributed by atoms with Crippen molar-refractivity contribution >= 4 is 23.3 Å². The van der Waals surface area contributed by atoms with Gasteiger partial charge in [0.2, 0.25) is 5.91 Å². The van der Waals surface area contributed by atoms with E-state index in [1.165, 1.54) is 0 Å². The molecule has 3 N–H and O–H groups in total. The van der Waals surface area contributed by atoms with Gasteiger partial charge in [0, 0.05) is 24.3 Å². The molecule has 1 amide bonds. The van der Waals surface area contributed by atoms with E-state index < -0.39 is 16.8 Å². The van der Waals surface area contributed by atoms with E-state index in [1.54, 1.807) is 0 Å². The van der Waals surface area contributed by atoms with Crippen LogP contribution in [0.4, 0.5) is 11.4 Å². The summed E-state index contributed by atoms with van der Waals surface area (Å²) >= 11 is 0. The monoisotopic (exact) mass is 252 g/mol. The van der Waals surface area contributed by atoms with Crippen molar-refractivity contribution in [1.82, 2.24) is 0 Å². The number of nitrogens with zero attached hydrogens (tertiary/aromatic N) is 1. The number of non-ortho nitro benzene ring substituents is 1. The SMILES string of the molecule is O=C(O)/C=C\C(=O)Nc1cc([N+](=O)[O-])ccc1O. The molecule has 1 aromatic rings. The van der Waals surface area contributed by atoms with E-state index in [1.807, 2.05) is 0 Å². The van der Waals surface area contributed by atoms with E-state index in [9.17, 15) is 24.8 Å². The van der Waals surface area contributed by atoms with Gasteiger partial charge in [0.15, 0.2) is 0 Å². The number of benzene rings is 1. The van der Waals surface area contributed by atoms with Gasteiger partial charge >= 0.3 is 5.97 Å². The minimum absolute atomic E-state index is 0.177. The maximum absolute atomic E-state index is 11.2. The van der Waals surface area contributed by atoms with Crippen molar-refractivity contribution < 1.29 is 24.7 Å². The molecule has 8 nitrogen and oxygen atoms in total. The molecule has 0 aliphatic rings. The second kappa shape index (κ2) is 5.43. The lowest BCUT2D eigenvalue weighted by atomic mass is 10.2.